The summed E-state index contributed by atoms with van der Waals surface area (Å²) in [7, 11) is 0. The normalized spacial score (nSPS) is 18.1. The van der Waals surface area contributed by atoms with Gasteiger partial charge < -0.3 is 4.90 Å². The molecule has 0 aliphatic carbocycles. The Morgan fingerprint density at radius 2 is 2.00 bits per heavy atom. The van der Waals surface area contributed by atoms with Crippen LogP contribution in [0.2, 0.25) is 0 Å². The standard InChI is InChI=1S/C12H15NO/c1-9(14)13-8-12(2,3)10-6-4-5-7-11(10)13/h4-7H,8H2,1-3H3. The lowest BCUT2D eigenvalue weighted by atomic mass is 9.87. The Labute approximate surface area is 84.5 Å². The van der Waals surface area contributed by atoms with E-state index in [-0.39, 0.29) is 11.3 Å². The molecule has 1 aliphatic heterocycles. The van der Waals surface area contributed by atoms with Gasteiger partial charge in [0.1, 0.15) is 0 Å². The van der Waals surface area contributed by atoms with Crippen LogP contribution in [-0.2, 0) is 10.2 Å². The predicted molar refractivity (Wildman–Crippen MR) is 57.5 cm³/mol. The van der Waals surface area contributed by atoms with Gasteiger partial charge in [-0.1, -0.05) is 32.0 Å². The van der Waals surface area contributed by atoms with Crippen molar-refractivity contribution in [1.82, 2.24) is 0 Å². The number of carbonyl (C=O) groups excluding carboxylic acids is 1. The summed E-state index contributed by atoms with van der Waals surface area (Å²) >= 11 is 0. The summed E-state index contributed by atoms with van der Waals surface area (Å²) in [5.41, 5.74) is 2.43. The Balaban J connectivity index is 2.55. The maximum Gasteiger partial charge on any atom is 0.223 e. The summed E-state index contributed by atoms with van der Waals surface area (Å²) < 4.78 is 0. The van der Waals surface area contributed by atoms with Gasteiger partial charge in [-0.15, -0.1) is 0 Å². The van der Waals surface area contributed by atoms with E-state index >= 15 is 0 Å². The van der Waals surface area contributed by atoms with E-state index in [1.807, 2.05) is 23.1 Å². The number of nitrogens with zero attached hydrogens (tertiary/aromatic N) is 1. The van der Waals surface area contributed by atoms with Gasteiger partial charge in [0, 0.05) is 24.6 Å². The Hall–Kier alpha value is -1.31. The molecule has 0 atom stereocenters. The lowest BCUT2D eigenvalue weighted by molar-refractivity contribution is -0.116. The SMILES string of the molecule is CC(=O)N1CC(C)(C)c2ccccc21. The van der Waals surface area contributed by atoms with Gasteiger partial charge in [0.15, 0.2) is 0 Å². The highest BCUT2D eigenvalue weighted by atomic mass is 16.2. The van der Waals surface area contributed by atoms with Gasteiger partial charge in [-0.2, -0.15) is 0 Å². The highest BCUT2D eigenvalue weighted by molar-refractivity contribution is 5.94. The van der Waals surface area contributed by atoms with Crippen LogP contribution in [0.1, 0.15) is 26.3 Å². The molecular formula is C12H15NO. The van der Waals surface area contributed by atoms with Gasteiger partial charge in [-0.3, -0.25) is 4.79 Å². The van der Waals surface area contributed by atoms with E-state index in [9.17, 15) is 4.79 Å². The van der Waals surface area contributed by atoms with E-state index in [2.05, 4.69) is 19.9 Å². The molecule has 74 valence electrons. The fourth-order valence-corrected chi connectivity index (χ4v) is 2.13. The van der Waals surface area contributed by atoms with E-state index in [1.54, 1.807) is 6.92 Å². The highest BCUT2D eigenvalue weighted by Gasteiger charge is 2.36. The van der Waals surface area contributed by atoms with Gasteiger partial charge in [-0.25, -0.2) is 0 Å². The zero-order chi connectivity index (χ0) is 10.3. The summed E-state index contributed by atoms with van der Waals surface area (Å²) in [6.07, 6.45) is 0. The molecule has 0 bridgehead atoms. The molecule has 0 saturated heterocycles. The number of hydrogen-bond donors (Lipinski definition) is 0. The molecule has 0 spiro atoms. The number of para-hydroxylation sites is 1. The second-order valence-corrected chi connectivity index (χ2v) is 4.51. The molecule has 1 aliphatic rings. The van der Waals surface area contributed by atoms with E-state index in [0.29, 0.717) is 0 Å². The van der Waals surface area contributed by atoms with Crippen molar-refractivity contribution >= 4 is 11.6 Å². The number of amides is 1. The zero-order valence-corrected chi connectivity index (χ0v) is 8.87. The molecule has 1 aromatic carbocycles. The van der Waals surface area contributed by atoms with Gasteiger partial charge in [0.2, 0.25) is 5.91 Å². The molecule has 14 heavy (non-hydrogen) atoms. The summed E-state index contributed by atoms with van der Waals surface area (Å²) in [4.78, 5) is 13.3. The van der Waals surface area contributed by atoms with E-state index in [1.165, 1.54) is 5.56 Å². The zero-order valence-electron chi connectivity index (χ0n) is 8.87. The van der Waals surface area contributed by atoms with Crippen molar-refractivity contribution in [3.63, 3.8) is 0 Å². The fourth-order valence-electron chi connectivity index (χ4n) is 2.13. The first-order chi connectivity index (χ1) is 6.52. The van der Waals surface area contributed by atoms with Crippen molar-refractivity contribution in [2.24, 2.45) is 0 Å². The van der Waals surface area contributed by atoms with Crippen LogP contribution in [-0.4, -0.2) is 12.5 Å². The maximum absolute atomic E-state index is 11.4. The van der Waals surface area contributed by atoms with Crippen molar-refractivity contribution in [1.29, 1.82) is 0 Å². The number of rotatable bonds is 0. The highest BCUT2D eigenvalue weighted by Crippen LogP contribution is 2.39. The second kappa shape index (κ2) is 2.84. The first-order valence-electron chi connectivity index (χ1n) is 4.90. The summed E-state index contributed by atoms with van der Waals surface area (Å²) in [5, 5.41) is 0. The van der Waals surface area contributed by atoms with Crippen LogP contribution in [0.25, 0.3) is 0 Å². The fraction of sp³-hybridized carbons (Fsp3) is 0.417. The number of hydrogen-bond acceptors (Lipinski definition) is 1. The lowest BCUT2D eigenvalue weighted by Gasteiger charge is -2.19. The molecule has 1 heterocycles. The predicted octanol–water partition coefficient (Wildman–Crippen LogP) is 2.33. The topological polar surface area (TPSA) is 20.3 Å². The molecular weight excluding hydrogens is 174 g/mol. The van der Waals surface area contributed by atoms with E-state index < -0.39 is 0 Å². The number of fused-ring (bicyclic) bond motifs is 1. The smallest absolute Gasteiger partial charge is 0.223 e. The van der Waals surface area contributed by atoms with Gasteiger partial charge in [0.05, 0.1) is 0 Å². The monoisotopic (exact) mass is 189 g/mol. The van der Waals surface area contributed by atoms with Gasteiger partial charge in [-0.05, 0) is 11.6 Å². The maximum atomic E-state index is 11.4. The van der Waals surface area contributed by atoms with Crippen LogP contribution in [0, 0.1) is 0 Å². The van der Waals surface area contributed by atoms with Crippen LogP contribution in [0.3, 0.4) is 0 Å². The molecule has 0 radical (unpaired) electrons. The van der Waals surface area contributed by atoms with Crippen LogP contribution in [0.4, 0.5) is 5.69 Å². The molecule has 1 aromatic rings. The van der Waals surface area contributed by atoms with Crippen LogP contribution in [0.15, 0.2) is 24.3 Å². The number of anilines is 1. The first kappa shape index (κ1) is 9.25. The van der Waals surface area contributed by atoms with Crippen molar-refractivity contribution in [2.75, 3.05) is 11.4 Å². The summed E-state index contributed by atoms with van der Waals surface area (Å²) in [6, 6.07) is 8.14. The minimum Gasteiger partial charge on any atom is -0.311 e. The average Bonchev–Trinajstić information content (AvgIpc) is 2.40. The van der Waals surface area contributed by atoms with Crippen molar-refractivity contribution in [3.05, 3.63) is 29.8 Å². The third-order valence-electron chi connectivity index (χ3n) is 2.86. The number of carbonyl (C=O) groups is 1. The van der Waals surface area contributed by atoms with Crippen LogP contribution < -0.4 is 4.90 Å². The minimum absolute atomic E-state index is 0.0856. The Kier molecular flexibility index (Phi) is 1.88. The van der Waals surface area contributed by atoms with Gasteiger partial charge in [0.25, 0.3) is 0 Å². The molecule has 2 rings (SSSR count). The van der Waals surface area contributed by atoms with Crippen molar-refractivity contribution in [2.45, 2.75) is 26.2 Å². The molecule has 0 aromatic heterocycles. The number of benzene rings is 1. The molecule has 0 N–H and O–H groups in total. The largest absolute Gasteiger partial charge is 0.311 e. The molecule has 0 saturated carbocycles. The molecule has 1 amide bonds. The van der Waals surface area contributed by atoms with Crippen LogP contribution in [0.5, 0.6) is 0 Å². The molecule has 0 fully saturated rings. The third-order valence-corrected chi connectivity index (χ3v) is 2.86. The Morgan fingerprint density at radius 1 is 1.36 bits per heavy atom. The Morgan fingerprint density at radius 3 is 2.64 bits per heavy atom. The Bertz CT molecular complexity index is 382. The third kappa shape index (κ3) is 1.22. The minimum atomic E-state index is 0.0856. The molecule has 2 heteroatoms. The summed E-state index contributed by atoms with van der Waals surface area (Å²) in [6.45, 7) is 6.77. The average molecular weight is 189 g/mol. The second-order valence-electron chi connectivity index (χ2n) is 4.51. The lowest BCUT2D eigenvalue weighted by Crippen LogP contribution is -2.31. The summed E-state index contributed by atoms with van der Waals surface area (Å²) in [5.74, 6) is 0.128. The molecule has 2 nitrogen and oxygen atoms in total. The van der Waals surface area contributed by atoms with E-state index in [0.717, 1.165) is 12.2 Å². The first-order valence-corrected chi connectivity index (χ1v) is 4.90. The van der Waals surface area contributed by atoms with Crippen LogP contribution >= 0.6 is 0 Å². The van der Waals surface area contributed by atoms with Crippen molar-refractivity contribution in [3.8, 4) is 0 Å². The molecule has 0 unspecified atom stereocenters. The van der Waals surface area contributed by atoms with Crippen molar-refractivity contribution < 1.29 is 4.79 Å². The quantitative estimate of drug-likeness (QED) is 0.613. The van der Waals surface area contributed by atoms with E-state index in [4.69, 9.17) is 0 Å². The van der Waals surface area contributed by atoms with Gasteiger partial charge >= 0.3 is 0 Å².